The fourth-order valence-corrected chi connectivity index (χ4v) is 3.28. The first-order valence-corrected chi connectivity index (χ1v) is 8.66. The lowest BCUT2D eigenvalue weighted by atomic mass is 10.1. The summed E-state index contributed by atoms with van der Waals surface area (Å²) in [6.45, 7) is 1.60. The zero-order valence-electron chi connectivity index (χ0n) is 10.3. The summed E-state index contributed by atoms with van der Waals surface area (Å²) in [6, 6.07) is 8.35. The van der Waals surface area contributed by atoms with Gasteiger partial charge in [-0.2, -0.15) is 0 Å². The SMILES string of the molecule is Brc1cccc(C(CI)OCC2CCCCO2)c1. The summed E-state index contributed by atoms with van der Waals surface area (Å²) in [5.41, 5.74) is 1.23. The Morgan fingerprint density at radius 2 is 2.33 bits per heavy atom. The standard InChI is InChI=1S/C14H18BrIO2/c15-12-5-3-4-11(8-12)14(9-16)18-10-13-6-1-2-7-17-13/h3-5,8,13-14H,1-2,6-7,9-10H2. The van der Waals surface area contributed by atoms with E-state index in [9.17, 15) is 0 Å². The lowest BCUT2D eigenvalue weighted by molar-refractivity contribution is -0.0582. The Balaban J connectivity index is 1.88. The summed E-state index contributed by atoms with van der Waals surface area (Å²) in [7, 11) is 0. The normalized spacial score (nSPS) is 21.8. The van der Waals surface area contributed by atoms with E-state index >= 15 is 0 Å². The zero-order valence-corrected chi connectivity index (χ0v) is 14.0. The summed E-state index contributed by atoms with van der Waals surface area (Å²) in [5, 5.41) is 0. The Morgan fingerprint density at radius 3 is 3.00 bits per heavy atom. The van der Waals surface area contributed by atoms with E-state index in [1.54, 1.807) is 0 Å². The first kappa shape index (κ1) is 14.8. The van der Waals surface area contributed by atoms with Gasteiger partial charge in [0.25, 0.3) is 0 Å². The number of halogens is 2. The third-order valence-electron chi connectivity index (χ3n) is 3.12. The first-order valence-electron chi connectivity index (χ1n) is 6.34. The molecule has 0 N–H and O–H groups in total. The Hall–Kier alpha value is 0.350. The highest BCUT2D eigenvalue weighted by atomic mass is 127. The van der Waals surface area contributed by atoms with E-state index in [4.69, 9.17) is 9.47 Å². The molecule has 18 heavy (non-hydrogen) atoms. The third-order valence-corrected chi connectivity index (χ3v) is 4.41. The van der Waals surface area contributed by atoms with Crippen molar-refractivity contribution in [2.75, 3.05) is 17.6 Å². The summed E-state index contributed by atoms with van der Waals surface area (Å²) < 4.78 is 13.8. The minimum absolute atomic E-state index is 0.161. The van der Waals surface area contributed by atoms with Crippen molar-refractivity contribution in [1.29, 1.82) is 0 Å². The number of alkyl halides is 1. The average molecular weight is 425 g/mol. The van der Waals surface area contributed by atoms with Crippen LogP contribution in [0.25, 0.3) is 0 Å². The molecule has 2 rings (SSSR count). The molecule has 0 spiro atoms. The number of hydrogen-bond donors (Lipinski definition) is 0. The quantitative estimate of drug-likeness (QED) is 0.511. The Kier molecular flexibility index (Phi) is 6.41. The molecule has 1 heterocycles. The molecule has 0 amide bonds. The van der Waals surface area contributed by atoms with Crippen LogP contribution in [-0.2, 0) is 9.47 Å². The summed E-state index contributed by atoms with van der Waals surface area (Å²) in [4.78, 5) is 0. The maximum atomic E-state index is 6.02. The maximum absolute atomic E-state index is 6.02. The second-order valence-corrected chi connectivity index (χ2v) is 6.32. The highest BCUT2D eigenvalue weighted by molar-refractivity contribution is 14.1. The molecule has 0 saturated carbocycles. The Bertz CT molecular complexity index is 367. The lowest BCUT2D eigenvalue weighted by Crippen LogP contribution is -2.25. The number of benzene rings is 1. The van der Waals surface area contributed by atoms with E-state index in [0.717, 1.165) is 21.9 Å². The van der Waals surface area contributed by atoms with E-state index in [1.165, 1.54) is 18.4 Å². The van der Waals surface area contributed by atoms with Gasteiger partial charge in [0.2, 0.25) is 0 Å². The van der Waals surface area contributed by atoms with Gasteiger partial charge in [-0.05, 0) is 37.0 Å². The third kappa shape index (κ3) is 4.47. The van der Waals surface area contributed by atoms with Crippen LogP contribution in [0.3, 0.4) is 0 Å². The van der Waals surface area contributed by atoms with Crippen LogP contribution in [0.1, 0.15) is 30.9 Å². The number of rotatable bonds is 5. The number of ether oxygens (including phenoxy) is 2. The molecular formula is C14H18BrIO2. The molecule has 1 aromatic rings. The average Bonchev–Trinajstić information content (AvgIpc) is 2.41. The molecular weight excluding hydrogens is 407 g/mol. The molecule has 2 nitrogen and oxygen atoms in total. The second kappa shape index (κ2) is 7.82. The van der Waals surface area contributed by atoms with Gasteiger partial charge >= 0.3 is 0 Å². The van der Waals surface area contributed by atoms with E-state index < -0.39 is 0 Å². The largest absolute Gasteiger partial charge is 0.376 e. The van der Waals surface area contributed by atoms with Gasteiger partial charge in [-0.15, -0.1) is 0 Å². The van der Waals surface area contributed by atoms with Crippen LogP contribution >= 0.6 is 38.5 Å². The Morgan fingerprint density at radius 1 is 1.44 bits per heavy atom. The molecule has 1 aliphatic heterocycles. The van der Waals surface area contributed by atoms with Gasteiger partial charge in [0, 0.05) is 15.5 Å². The number of hydrogen-bond acceptors (Lipinski definition) is 2. The summed E-state index contributed by atoms with van der Waals surface area (Å²) in [6.07, 6.45) is 4.04. The van der Waals surface area contributed by atoms with Crippen molar-refractivity contribution in [3.8, 4) is 0 Å². The maximum Gasteiger partial charge on any atom is 0.0915 e. The van der Waals surface area contributed by atoms with Crippen molar-refractivity contribution in [1.82, 2.24) is 0 Å². The molecule has 2 atom stereocenters. The molecule has 0 aromatic heterocycles. The zero-order chi connectivity index (χ0) is 12.8. The molecule has 1 saturated heterocycles. The molecule has 2 unspecified atom stereocenters. The van der Waals surface area contributed by atoms with Crippen molar-refractivity contribution in [2.45, 2.75) is 31.5 Å². The van der Waals surface area contributed by atoms with Gasteiger partial charge in [-0.25, -0.2) is 0 Å². The van der Waals surface area contributed by atoms with Crippen LogP contribution in [0.4, 0.5) is 0 Å². The van der Waals surface area contributed by atoms with Gasteiger partial charge in [0.05, 0.1) is 18.8 Å². The molecule has 0 radical (unpaired) electrons. The highest BCUT2D eigenvalue weighted by Gasteiger charge is 2.17. The first-order chi connectivity index (χ1) is 8.79. The molecule has 1 fully saturated rings. The molecule has 0 bridgehead atoms. The van der Waals surface area contributed by atoms with Gasteiger partial charge in [0.1, 0.15) is 0 Å². The van der Waals surface area contributed by atoms with E-state index in [1.807, 2.05) is 6.07 Å². The van der Waals surface area contributed by atoms with Crippen molar-refractivity contribution in [3.05, 3.63) is 34.3 Å². The molecule has 100 valence electrons. The minimum atomic E-state index is 0.161. The van der Waals surface area contributed by atoms with Gasteiger partial charge in [0.15, 0.2) is 0 Å². The minimum Gasteiger partial charge on any atom is -0.376 e. The van der Waals surface area contributed by atoms with Gasteiger partial charge < -0.3 is 9.47 Å². The lowest BCUT2D eigenvalue weighted by Gasteiger charge is -2.25. The predicted molar refractivity (Wildman–Crippen MR) is 85.3 cm³/mol. The highest BCUT2D eigenvalue weighted by Crippen LogP contribution is 2.24. The van der Waals surface area contributed by atoms with E-state index in [2.05, 4.69) is 56.7 Å². The monoisotopic (exact) mass is 424 g/mol. The fraction of sp³-hybridized carbons (Fsp3) is 0.571. The summed E-state index contributed by atoms with van der Waals surface area (Å²) >= 11 is 5.88. The molecule has 1 aromatic carbocycles. The second-order valence-electron chi connectivity index (χ2n) is 4.52. The summed E-state index contributed by atoms with van der Waals surface area (Å²) in [5.74, 6) is 0. The van der Waals surface area contributed by atoms with Crippen molar-refractivity contribution in [2.24, 2.45) is 0 Å². The van der Waals surface area contributed by atoms with Crippen molar-refractivity contribution in [3.63, 3.8) is 0 Å². The predicted octanol–water partition coefficient (Wildman–Crippen LogP) is 4.51. The van der Waals surface area contributed by atoms with E-state index in [0.29, 0.717) is 6.61 Å². The molecule has 0 aliphatic carbocycles. The van der Waals surface area contributed by atoms with Crippen LogP contribution in [-0.4, -0.2) is 23.7 Å². The van der Waals surface area contributed by atoms with Gasteiger partial charge in [-0.3, -0.25) is 0 Å². The van der Waals surface area contributed by atoms with Crippen LogP contribution < -0.4 is 0 Å². The Labute approximate surface area is 131 Å². The van der Waals surface area contributed by atoms with Crippen molar-refractivity contribution < 1.29 is 9.47 Å². The van der Waals surface area contributed by atoms with E-state index in [-0.39, 0.29) is 12.2 Å². The van der Waals surface area contributed by atoms with Crippen LogP contribution in [0, 0.1) is 0 Å². The fourth-order valence-electron chi connectivity index (χ4n) is 2.10. The molecule has 4 heteroatoms. The van der Waals surface area contributed by atoms with Crippen LogP contribution in [0.2, 0.25) is 0 Å². The topological polar surface area (TPSA) is 18.5 Å². The van der Waals surface area contributed by atoms with Crippen molar-refractivity contribution >= 4 is 38.5 Å². The van der Waals surface area contributed by atoms with Gasteiger partial charge in [-0.1, -0.05) is 50.7 Å². The van der Waals surface area contributed by atoms with Crippen LogP contribution in [0.5, 0.6) is 0 Å². The molecule has 1 aliphatic rings. The van der Waals surface area contributed by atoms with Crippen LogP contribution in [0.15, 0.2) is 28.7 Å². The smallest absolute Gasteiger partial charge is 0.0915 e.